The van der Waals surface area contributed by atoms with Crippen LogP contribution in [0.1, 0.15) is 38.3 Å². The van der Waals surface area contributed by atoms with Gasteiger partial charge < -0.3 is 0 Å². The molecular weight excluding hydrogens is 206 g/mol. The third-order valence-corrected chi connectivity index (χ3v) is 2.78. The monoisotopic (exact) mass is 229 g/mol. The molecule has 0 saturated heterocycles. The average molecular weight is 229 g/mol. The molecule has 0 aromatic heterocycles. The topological polar surface area (TPSA) is 12.4 Å². The van der Waals surface area contributed by atoms with Crippen LogP contribution in [0.5, 0.6) is 0 Å². The largest absolute Gasteiger partial charge is 0.288 e. The lowest BCUT2D eigenvalue weighted by atomic mass is 9.89. The molecule has 0 N–H and O–H groups in total. The molecule has 0 amide bonds. The lowest BCUT2D eigenvalue weighted by Crippen LogP contribution is -2.25. The van der Waals surface area contributed by atoms with Crippen molar-refractivity contribution >= 4 is 5.71 Å². The van der Waals surface area contributed by atoms with Gasteiger partial charge in [-0.1, -0.05) is 35.9 Å². The normalized spacial score (nSPS) is 13.9. The summed E-state index contributed by atoms with van der Waals surface area (Å²) in [5.41, 5.74) is 3.70. The minimum Gasteiger partial charge on any atom is -0.288 e. The standard InChI is InChI=1S/C16H23N/c1-6-11-16(5,17-13(2)3)12-15-9-7-14(4)8-10-15/h6-10H,1,11-12H2,2-5H3. The lowest BCUT2D eigenvalue weighted by Gasteiger charge is -2.25. The van der Waals surface area contributed by atoms with Gasteiger partial charge in [0.2, 0.25) is 0 Å². The zero-order valence-corrected chi connectivity index (χ0v) is 11.5. The Labute approximate surface area is 105 Å². The maximum atomic E-state index is 4.76. The van der Waals surface area contributed by atoms with Gasteiger partial charge in [0.1, 0.15) is 0 Å². The van der Waals surface area contributed by atoms with E-state index in [0.29, 0.717) is 0 Å². The number of aryl methyl sites for hydroxylation is 1. The molecule has 0 heterocycles. The zero-order valence-electron chi connectivity index (χ0n) is 11.5. The smallest absolute Gasteiger partial charge is 0.0653 e. The first kappa shape index (κ1) is 13.7. The van der Waals surface area contributed by atoms with E-state index in [1.807, 2.05) is 6.08 Å². The Kier molecular flexibility index (Phi) is 4.68. The maximum Gasteiger partial charge on any atom is 0.0653 e. The van der Waals surface area contributed by atoms with Gasteiger partial charge >= 0.3 is 0 Å². The summed E-state index contributed by atoms with van der Waals surface area (Å²) in [6.45, 7) is 12.3. The summed E-state index contributed by atoms with van der Waals surface area (Å²) in [5, 5.41) is 0. The molecule has 1 heteroatoms. The molecule has 92 valence electrons. The van der Waals surface area contributed by atoms with Crippen molar-refractivity contribution in [3.8, 4) is 0 Å². The van der Waals surface area contributed by atoms with E-state index in [4.69, 9.17) is 4.99 Å². The summed E-state index contributed by atoms with van der Waals surface area (Å²) in [5.74, 6) is 0. The van der Waals surface area contributed by atoms with Crippen LogP contribution in [-0.2, 0) is 6.42 Å². The first-order chi connectivity index (χ1) is 7.95. The van der Waals surface area contributed by atoms with Gasteiger partial charge in [0.05, 0.1) is 5.54 Å². The molecule has 1 nitrogen and oxygen atoms in total. The highest BCUT2D eigenvalue weighted by atomic mass is 14.8. The average Bonchev–Trinajstić information content (AvgIpc) is 2.20. The van der Waals surface area contributed by atoms with E-state index in [-0.39, 0.29) is 5.54 Å². The predicted octanol–water partition coefficient (Wildman–Crippen LogP) is 4.35. The van der Waals surface area contributed by atoms with Gasteiger partial charge in [-0.2, -0.15) is 0 Å². The van der Waals surface area contributed by atoms with Crippen LogP contribution in [0.4, 0.5) is 0 Å². The van der Waals surface area contributed by atoms with Crippen molar-refractivity contribution in [2.75, 3.05) is 0 Å². The molecule has 17 heavy (non-hydrogen) atoms. The first-order valence-electron chi connectivity index (χ1n) is 6.15. The Morgan fingerprint density at radius 1 is 1.29 bits per heavy atom. The minimum atomic E-state index is -0.0597. The van der Waals surface area contributed by atoms with Crippen molar-refractivity contribution in [3.05, 3.63) is 48.0 Å². The Morgan fingerprint density at radius 3 is 2.35 bits per heavy atom. The van der Waals surface area contributed by atoms with Crippen molar-refractivity contribution < 1.29 is 0 Å². The lowest BCUT2D eigenvalue weighted by molar-refractivity contribution is 0.475. The van der Waals surface area contributed by atoms with Crippen LogP contribution in [0.15, 0.2) is 41.9 Å². The second-order valence-corrected chi connectivity index (χ2v) is 5.21. The summed E-state index contributed by atoms with van der Waals surface area (Å²) in [4.78, 5) is 4.76. The van der Waals surface area contributed by atoms with Crippen LogP contribution in [0.3, 0.4) is 0 Å². The molecule has 0 aliphatic rings. The van der Waals surface area contributed by atoms with Gasteiger partial charge in [0.15, 0.2) is 0 Å². The maximum absolute atomic E-state index is 4.76. The number of nitrogens with zero attached hydrogens (tertiary/aromatic N) is 1. The highest BCUT2D eigenvalue weighted by molar-refractivity contribution is 5.79. The quantitative estimate of drug-likeness (QED) is 0.525. The summed E-state index contributed by atoms with van der Waals surface area (Å²) in [7, 11) is 0. The molecule has 0 spiro atoms. The molecule has 1 aromatic rings. The molecule has 1 atom stereocenters. The van der Waals surface area contributed by atoms with Crippen molar-refractivity contribution in [1.29, 1.82) is 0 Å². The molecule has 0 radical (unpaired) electrons. The second kappa shape index (κ2) is 5.81. The molecule has 1 unspecified atom stereocenters. The minimum absolute atomic E-state index is 0.0597. The molecule has 1 aromatic carbocycles. The zero-order chi connectivity index (χ0) is 12.9. The number of hydrogen-bond acceptors (Lipinski definition) is 1. The summed E-state index contributed by atoms with van der Waals surface area (Å²) in [6.07, 6.45) is 3.83. The Bertz CT molecular complexity index is 396. The van der Waals surface area contributed by atoms with Crippen molar-refractivity contribution in [3.63, 3.8) is 0 Å². The Hall–Kier alpha value is -1.37. The first-order valence-corrected chi connectivity index (χ1v) is 6.15. The van der Waals surface area contributed by atoms with E-state index in [0.717, 1.165) is 18.6 Å². The SMILES string of the molecule is C=CCC(C)(Cc1ccc(C)cc1)N=C(C)C. The predicted molar refractivity (Wildman–Crippen MR) is 76.9 cm³/mol. The van der Waals surface area contributed by atoms with Crippen molar-refractivity contribution in [2.24, 2.45) is 4.99 Å². The fourth-order valence-corrected chi connectivity index (χ4v) is 2.15. The van der Waals surface area contributed by atoms with Crippen LogP contribution in [0, 0.1) is 6.92 Å². The second-order valence-electron chi connectivity index (χ2n) is 5.21. The van der Waals surface area contributed by atoms with Gasteiger partial charge in [0, 0.05) is 5.71 Å². The van der Waals surface area contributed by atoms with E-state index in [1.54, 1.807) is 0 Å². The van der Waals surface area contributed by atoms with Crippen molar-refractivity contribution in [2.45, 2.75) is 46.1 Å². The van der Waals surface area contributed by atoms with Crippen LogP contribution in [-0.4, -0.2) is 11.3 Å². The van der Waals surface area contributed by atoms with E-state index >= 15 is 0 Å². The Morgan fingerprint density at radius 2 is 1.88 bits per heavy atom. The molecule has 0 aliphatic carbocycles. The van der Waals surface area contributed by atoms with E-state index in [2.05, 4.69) is 58.5 Å². The third-order valence-electron chi connectivity index (χ3n) is 2.78. The third kappa shape index (κ3) is 4.56. The number of hydrogen-bond donors (Lipinski definition) is 0. The summed E-state index contributed by atoms with van der Waals surface area (Å²) < 4.78 is 0. The van der Waals surface area contributed by atoms with Gasteiger partial charge in [-0.05, 0) is 46.1 Å². The van der Waals surface area contributed by atoms with Crippen LogP contribution >= 0.6 is 0 Å². The van der Waals surface area contributed by atoms with Crippen molar-refractivity contribution in [1.82, 2.24) is 0 Å². The van der Waals surface area contributed by atoms with Gasteiger partial charge in [-0.25, -0.2) is 0 Å². The highest BCUT2D eigenvalue weighted by Gasteiger charge is 2.21. The molecule has 0 saturated carbocycles. The molecule has 0 aliphatic heterocycles. The Balaban J connectivity index is 2.90. The van der Waals surface area contributed by atoms with E-state index in [1.165, 1.54) is 11.1 Å². The molecule has 0 fully saturated rings. The number of benzene rings is 1. The molecule has 1 rings (SSSR count). The fourth-order valence-electron chi connectivity index (χ4n) is 2.15. The van der Waals surface area contributed by atoms with Gasteiger partial charge in [-0.3, -0.25) is 4.99 Å². The van der Waals surface area contributed by atoms with Gasteiger partial charge in [0.25, 0.3) is 0 Å². The summed E-state index contributed by atoms with van der Waals surface area (Å²) >= 11 is 0. The van der Waals surface area contributed by atoms with Crippen LogP contribution < -0.4 is 0 Å². The van der Waals surface area contributed by atoms with Crippen LogP contribution in [0.25, 0.3) is 0 Å². The van der Waals surface area contributed by atoms with Gasteiger partial charge in [-0.15, -0.1) is 6.58 Å². The van der Waals surface area contributed by atoms with E-state index in [9.17, 15) is 0 Å². The highest BCUT2D eigenvalue weighted by Crippen LogP contribution is 2.23. The summed E-state index contributed by atoms with van der Waals surface area (Å²) in [6, 6.07) is 8.70. The van der Waals surface area contributed by atoms with E-state index < -0.39 is 0 Å². The fraction of sp³-hybridized carbons (Fsp3) is 0.438. The molecular formula is C16H23N. The number of rotatable bonds is 5. The number of aliphatic imine (C=N–C) groups is 1. The van der Waals surface area contributed by atoms with Crippen LogP contribution in [0.2, 0.25) is 0 Å². The molecule has 0 bridgehead atoms.